The fraction of sp³-hybridized carbons (Fsp3) is 0.471. The number of hydrogen-bond acceptors (Lipinski definition) is 4. The second-order valence-corrected chi connectivity index (χ2v) is 8.06. The maximum absolute atomic E-state index is 13.1. The van der Waals surface area contributed by atoms with E-state index in [1.165, 1.54) is 6.07 Å². The number of carbonyl (C=O) groups excluding carboxylic acids is 2. The third kappa shape index (κ3) is 1.85. The van der Waals surface area contributed by atoms with Crippen LogP contribution in [0.25, 0.3) is 0 Å². The highest BCUT2D eigenvalue weighted by Crippen LogP contribution is 2.69. The van der Waals surface area contributed by atoms with Gasteiger partial charge in [0.1, 0.15) is 11.1 Å². The molecule has 0 radical (unpaired) electrons. The third-order valence-electron chi connectivity index (χ3n) is 6.24. The lowest BCUT2D eigenvalue weighted by atomic mass is 9.64. The molecular weight excluding hydrogens is 351 g/mol. The van der Waals surface area contributed by atoms with E-state index in [-0.39, 0.29) is 5.71 Å². The Bertz CT molecular complexity index is 790. The average Bonchev–Trinajstić information content (AvgIpc) is 2.78. The SMILES string of the molecule is CC12CCC(C(=O)Nc3ccc(Cl)cc3Cl)(C(=O)C1=NO)C2(C)C. The van der Waals surface area contributed by atoms with Gasteiger partial charge in [-0.1, -0.05) is 49.1 Å². The number of benzene rings is 1. The van der Waals surface area contributed by atoms with Crippen molar-refractivity contribution < 1.29 is 14.8 Å². The Kier molecular flexibility index (Phi) is 3.74. The third-order valence-corrected chi connectivity index (χ3v) is 6.79. The minimum absolute atomic E-state index is 0.0797. The van der Waals surface area contributed by atoms with E-state index in [4.69, 9.17) is 23.2 Å². The Morgan fingerprint density at radius 3 is 2.46 bits per heavy atom. The summed E-state index contributed by atoms with van der Waals surface area (Å²) in [7, 11) is 0. The molecule has 24 heavy (non-hydrogen) atoms. The summed E-state index contributed by atoms with van der Waals surface area (Å²) < 4.78 is 0. The Labute approximate surface area is 150 Å². The lowest BCUT2D eigenvalue weighted by Crippen LogP contribution is -2.47. The summed E-state index contributed by atoms with van der Waals surface area (Å²) in [5, 5.41) is 16.1. The summed E-state index contributed by atoms with van der Waals surface area (Å²) in [6.07, 6.45) is 1.01. The number of Topliss-reactive ketones (excluding diaryl/α,β-unsaturated/α-hetero) is 1. The van der Waals surface area contributed by atoms with Crippen LogP contribution in [0.2, 0.25) is 10.0 Å². The van der Waals surface area contributed by atoms with Crippen molar-refractivity contribution in [1.82, 2.24) is 0 Å². The van der Waals surface area contributed by atoms with Gasteiger partial charge in [0.15, 0.2) is 5.78 Å². The molecule has 2 aliphatic rings. The molecule has 2 saturated carbocycles. The van der Waals surface area contributed by atoms with Gasteiger partial charge in [0, 0.05) is 10.4 Å². The van der Waals surface area contributed by atoms with Gasteiger partial charge < -0.3 is 10.5 Å². The number of anilines is 1. The van der Waals surface area contributed by atoms with Crippen molar-refractivity contribution in [2.24, 2.45) is 21.4 Å². The molecular formula is C17H18Cl2N2O3. The quantitative estimate of drug-likeness (QED) is 0.467. The normalized spacial score (nSPS) is 32.4. The molecule has 0 saturated heterocycles. The smallest absolute Gasteiger partial charge is 0.239 e. The standard InChI is InChI=1S/C17H18Cl2N2O3/c1-15(2)16(3)6-7-17(15,13(22)12(16)21-24)14(23)20-11-5-4-9(18)8-10(11)19/h4-5,8,24H,6-7H2,1-3H3,(H,20,23). The number of nitrogens with one attached hydrogen (secondary N) is 1. The highest BCUT2D eigenvalue weighted by Gasteiger charge is 2.76. The lowest BCUT2D eigenvalue weighted by molar-refractivity contribution is -0.140. The second-order valence-electron chi connectivity index (χ2n) is 7.22. The molecule has 2 unspecified atom stereocenters. The van der Waals surface area contributed by atoms with E-state index < -0.39 is 27.9 Å². The van der Waals surface area contributed by atoms with Gasteiger partial charge in [0.2, 0.25) is 5.91 Å². The second kappa shape index (κ2) is 5.20. The highest BCUT2D eigenvalue weighted by molar-refractivity contribution is 6.51. The molecule has 2 N–H and O–H groups in total. The topological polar surface area (TPSA) is 78.8 Å². The number of oxime groups is 1. The molecule has 3 rings (SSSR count). The summed E-state index contributed by atoms with van der Waals surface area (Å²) >= 11 is 12.0. The van der Waals surface area contributed by atoms with Crippen molar-refractivity contribution in [3.05, 3.63) is 28.2 Å². The summed E-state index contributed by atoms with van der Waals surface area (Å²) in [5.74, 6) is -0.838. The first-order valence-electron chi connectivity index (χ1n) is 7.65. The van der Waals surface area contributed by atoms with Crippen LogP contribution < -0.4 is 5.32 Å². The number of fused-ring (bicyclic) bond motifs is 2. The van der Waals surface area contributed by atoms with Gasteiger partial charge in [-0.25, -0.2) is 0 Å². The number of carbonyl (C=O) groups is 2. The maximum atomic E-state index is 13.1. The van der Waals surface area contributed by atoms with Crippen LogP contribution in [-0.2, 0) is 9.59 Å². The van der Waals surface area contributed by atoms with Crippen LogP contribution in [0.5, 0.6) is 0 Å². The molecule has 2 atom stereocenters. The largest absolute Gasteiger partial charge is 0.411 e. The Balaban J connectivity index is 2.04. The van der Waals surface area contributed by atoms with E-state index in [2.05, 4.69) is 10.5 Å². The van der Waals surface area contributed by atoms with E-state index in [0.29, 0.717) is 28.6 Å². The highest BCUT2D eigenvalue weighted by atomic mass is 35.5. The fourth-order valence-electron chi connectivity index (χ4n) is 4.27. The van der Waals surface area contributed by atoms with Crippen molar-refractivity contribution in [3.8, 4) is 0 Å². The first kappa shape index (κ1) is 17.2. The number of amides is 1. The van der Waals surface area contributed by atoms with Gasteiger partial charge in [-0.15, -0.1) is 0 Å². The van der Waals surface area contributed by atoms with E-state index in [9.17, 15) is 14.8 Å². The minimum atomic E-state index is -1.27. The number of ketones is 1. The predicted molar refractivity (Wildman–Crippen MR) is 92.9 cm³/mol. The zero-order valence-electron chi connectivity index (χ0n) is 13.6. The van der Waals surface area contributed by atoms with Gasteiger partial charge in [-0.05, 0) is 36.5 Å². The fourth-order valence-corrected chi connectivity index (χ4v) is 4.73. The van der Waals surface area contributed by atoms with Crippen LogP contribution in [0.15, 0.2) is 23.4 Å². The van der Waals surface area contributed by atoms with Gasteiger partial charge in [0.05, 0.1) is 10.7 Å². The number of hydrogen-bond donors (Lipinski definition) is 2. The van der Waals surface area contributed by atoms with E-state index in [1.54, 1.807) is 12.1 Å². The summed E-state index contributed by atoms with van der Waals surface area (Å²) in [6.45, 7) is 5.62. The van der Waals surface area contributed by atoms with Crippen molar-refractivity contribution in [2.75, 3.05) is 5.32 Å². The molecule has 2 bridgehead atoms. The number of nitrogens with zero attached hydrogens (tertiary/aromatic N) is 1. The van der Waals surface area contributed by atoms with E-state index in [0.717, 1.165) is 0 Å². The zero-order chi connectivity index (χ0) is 17.9. The molecule has 1 amide bonds. The van der Waals surface area contributed by atoms with Gasteiger partial charge in [0.25, 0.3) is 0 Å². The van der Waals surface area contributed by atoms with Crippen LogP contribution in [0.1, 0.15) is 33.6 Å². The molecule has 1 aromatic rings. The molecule has 1 aromatic carbocycles. The maximum Gasteiger partial charge on any atom is 0.239 e. The lowest BCUT2D eigenvalue weighted by Gasteiger charge is -2.37. The van der Waals surface area contributed by atoms with Crippen LogP contribution in [0.3, 0.4) is 0 Å². The van der Waals surface area contributed by atoms with Crippen LogP contribution >= 0.6 is 23.2 Å². The molecule has 7 heteroatoms. The number of halogens is 2. The Hall–Kier alpha value is -1.59. The molecule has 0 aromatic heterocycles. The molecule has 0 spiro atoms. The van der Waals surface area contributed by atoms with Crippen LogP contribution in [0, 0.1) is 16.2 Å². The average molecular weight is 369 g/mol. The summed E-state index contributed by atoms with van der Waals surface area (Å²) in [5.41, 5.74) is -2.11. The molecule has 2 fully saturated rings. The van der Waals surface area contributed by atoms with Gasteiger partial charge in [-0.3, -0.25) is 9.59 Å². The van der Waals surface area contributed by atoms with Crippen LogP contribution in [0.4, 0.5) is 5.69 Å². The van der Waals surface area contributed by atoms with Gasteiger partial charge >= 0.3 is 0 Å². The van der Waals surface area contributed by atoms with Crippen molar-refractivity contribution in [3.63, 3.8) is 0 Å². The van der Waals surface area contributed by atoms with E-state index in [1.807, 2.05) is 20.8 Å². The molecule has 0 aliphatic heterocycles. The zero-order valence-corrected chi connectivity index (χ0v) is 15.1. The minimum Gasteiger partial charge on any atom is -0.411 e. The molecule has 2 aliphatic carbocycles. The molecule has 5 nitrogen and oxygen atoms in total. The monoisotopic (exact) mass is 368 g/mol. The summed E-state index contributed by atoms with van der Waals surface area (Å²) in [4.78, 5) is 26.0. The first-order valence-corrected chi connectivity index (χ1v) is 8.41. The van der Waals surface area contributed by atoms with Crippen LogP contribution in [-0.4, -0.2) is 22.6 Å². The summed E-state index contributed by atoms with van der Waals surface area (Å²) in [6, 6.07) is 4.74. The first-order chi connectivity index (χ1) is 11.1. The van der Waals surface area contributed by atoms with Crippen molar-refractivity contribution in [2.45, 2.75) is 33.6 Å². The Morgan fingerprint density at radius 2 is 1.92 bits per heavy atom. The molecule has 128 valence electrons. The molecule has 0 heterocycles. The van der Waals surface area contributed by atoms with Gasteiger partial charge in [-0.2, -0.15) is 0 Å². The Morgan fingerprint density at radius 1 is 1.25 bits per heavy atom. The predicted octanol–water partition coefficient (Wildman–Crippen LogP) is 4.16. The number of rotatable bonds is 2. The van der Waals surface area contributed by atoms with Crippen molar-refractivity contribution >= 4 is 46.3 Å². The van der Waals surface area contributed by atoms with Crippen molar-refractivity contribution in [1.29, 1.82) is 0 Å². The van der Waals surface area contributed by atoms with E-state index >= 15 is 0 Å².